The number of piperidine rings is 2. The second-order valence-electron chi connectivity index (χ2n) is 15.4. The Labute approximate surface area is 283 Å². The van der Waals surface area contributed by atoms with E-state index in [-0.39, 0.29) is 48.6 Å². The van der Waals surface area contributed by atoms with E-state index < -0.39 is 21.4 Å². The van der Waals surface area contributed by atoms with Gasteiger partial charge in [0.05, 0.1) is 26.2 Å². The van der Waals surface area contributed by atoms with E-state index in [1.54, 1.807) is 0 Å². The van der Waals surface area contributed by atoms with Crippen LogP contribution in [-0.4, -0.2) is 59.4 Å². The van der Waals surface area contributed by atoms with Gasteiger partial charge in [-0.05, 0) is 71.6 Å². The highest BCUT2D eigenvalue weighted by molar-refractivity contribution is 5.96. The minimum absolute atomic E-state index is 0.200. The molecule has 2 N–H and O–H groups in total. The van der Waals surface area contributed by atoms with Crippen LogP contribution in [0.5, 0.6) is 0 Å². The van der Waals surface area contributed by atoms with Gasteiger partial charge in [-0.1, -0.05) is 91.8 Å². The van der Waals surface area contributed by atoms with Crippen molar-refractivity contribution in [1.29, 1.82) is 0 Å². The van der Waals surface area contributed by atoms with Gasteiger partial charge >= 0.3 is 0 Å². The van der Waals surface area contributed by atoms with Crippen LogP contribution in [0.15, 0.2) is 36.4 Å². The van der Waals surface area contributed by atoms with E-state index in [0.29, 0.717) is 32.4 Å². The summed E-state index contributed by atoms with van der Waals surface area (Å²) in [6.07, 6.45) is 4.65. The molecule has 4 rings (SSSR count). The summed E-state index contributed by atoms with van der Waals surface area (Å²) < 4.78 is -1.22. The molecule has 4 atom stereocenters. The van der Waals surface area contributed by atoms with Crippen LogP contribution < -0.4 is 10.6 Å². The number of para-hydroxylation sites is 2. The first-order valence-corrected chi connectivity index (χ1v) is 18.2. The maximum atomic E-state index is 14.4. The van der Waals surface area contributed by atoms with Gasteiger partial charge in [-0.3, -0.25) is 9.59 Å². The Hall–Kier alpha value is -2.78. The lowest BCUT2D eigenvalue weighted by Gasteiger charge is -2.53. The van der Waals surface area contributed by atoms with Crippen molar-refractivity contribution in [1.82, 2.24) is 0 Å². The van der Waals surface area contributed by atoms with Gasteiger partial charge in [-0.2, -0.15) is 0 Å². The maximum Gasteiger partial charge on any atom is 0.283 e. The second kappa shape index (κ2) is 15.6. The van der Waals surface area contributed by atoms with Gasteiger partial charge in [0.1, 0.15) is 0 Å². The number of likely N-dealkylation sites (tertiary alicyclic amines) is 2. The molecule has 2 aromatic carbocycles. The van der Waals surface area contributed by atoms with E-state index in [1.807, 2.05) is 12.1 Å². The van der Waals surface area contributed by atoms with E-state index in [9.17, 15) is 20.0 Å². The molecule has 0 aliphatic carbocycles. The second-order valence-corrected chi connectivity index (χ2v) is 15.4. The average molecular weight is 649 g/mol. The summed E-state index contributed by atoms with van der Waals surface area (Å²) in [6.45, 7) is 18.1. The van der Waals surface area contributed by atoms with Crippen LogP contribution in [0.2, 0.25) is 0 Å². The molecular formula is C39H60N4O4. The monoisotopic (exact) mass is 648 g/mol. The van der Waals surface area contributed by atoms with Gasteiger partial charge < -0.3 is 30.3 Å². The maximum absolute atomic E-state index is 14.4. The molecule has 0 radical (unpaired) electrons. The van der Waals surface area contributed by atoms with E-state index >= 15 is 0 Å². The number of rotatable bonds is 12. The fourth-order valence-corrected chi connectivity index (χ4v) is 7.85. The van der Waals surface area contributed by atoms with Crippen LogP contribution in [-0.2, 0) is 9.59 Å². The summed E-state index contributed by atoms with van der Waals surface area (Å²) in [5.74, 6) is 0.462. The third-order valence-corrected chi connectivity index (χ3v) is 10.6. The SMILES string of the molecule is CC(C)c1cccc(C(C)C)c1NC(=O)[C@H]1CCCC[N+]1([O-])CCC[N+]1([O-])CCCC[C@@H]1C(=O)Nc1c(C(C)C)cccc1C(C)C. The highest BCUT2D eigenvalue weighted by atomic mass is 16.6. The third-order valence-electron chi connectivity index (χ3n) is 10.6. The largest absolute Gasteiger partial charge is 0.632 e. The summed E-state index contributed by atoms with van der Waals surface area (Å²) >= 11 is 0. The lowest BCUT2D eigenvalue weighted by molar-refractivity contribution is -0.919. The predicted molar refractivity (Wildman–Crippen MR) is 193 cm³/mol. The number of hydrogen-bond acceptors (Lipinski definition) is 4. The molecule has 47 heavy (non-hydrogen) atoms. The number of hydroxylamine groups is 6. The van der Waals surface area contributed by atoms with Crippen molar-refractivity contribution >= 4 is 23.2 Å². The van der Waals surface area contributed by atoms with Gasteiger partial charge in [0, 0.05) is 30.6 Å². The number of carbonyl (C=O) groups is 2. The lowest BCUT2D eigenvalue weighted by Crippen LogP contribution is -2.61. The Morgan fingerprint density at radius 3 is 1.23 bits per heavy atom. The summed E-state index contributed by atoms with van der Waals surface area (Å²) in [4.78, 5) is 27.8. The molecule has 0 bridgehead atoms. The summed E-state index contributed by atoms with van der Waals surface area (Å²) in [7, 11) is 0. The molecule has 2 saturated heterocycles. The standard InChI is InChI=1S/C39H60N4O4/c1-26(2)30-16-13-17-31(27(3)4)36(30)40-38(44)34-20-9-11-22-42(34,46)24-15-25-43(47)23-12-10-21-35(43)39(45)41-37-32(28(5)6)18-14-19-33(37)29(7)8/h13-14,16-19,26-29,34-35H,9-12,15,20-25H2,1-8H3,(H,40,44)(H,41,45)/t34-,35-,42?,43?/m1/s1. The van der Waals surface area contributed by atoms with Gasteiger partial charge in [0.2, 0.25) is 0 Å². The minimum atomic E-state index is -0.716. The molecule has 2 aliphatic rings. The topological polar surface area (TPSA) is 104 Å². The molecule has 8 nitrogen and oxygen atoms in total. The molecule has 0 saturated carbocycles. The van der Waals surface area contributed by atoms with Crippen molar-refractivity contribution < 1.29 is 18.9 Å². The fraction of sp³-hybridized carbons (Fsp3) is 0.641. The highest BCUT2D eigenvalue weighted by Gasteiger charge is 2.41. The predicted octanol–water partition coefficient (Wildman–Crippen LogP) is 8.88. The number of benzene rings is 2. The molecule has 0 aromatic heterocycles. The van der Waals surface area contributed by atoms with Gasteiger partial charge in [0.25, 0.3) is 11.8 Å². The zero-order valence-corrected chi connectivity index (χ0v) is 30.2. The smallest absolute Gasteiger partial charge is 0.283 e. The third kappa shape index (κ3) is 8.45. The van der Waals surface area contributed by atoms with E-state index in [0.717, 1.165) is 59.3 Å². The Balaban J connectivity index is 1.49. The Bertz CT molecular complexity index is 1230. The van der Waals surface area contributed by atoms with E-state index in [1.165, 1.54) is 0 Å². The molecular weight excluding hydrogens is 588 g/mol. The van der Waals surface area contributed by atoms with Crippen molar-refractivity contribution in [3.8, 4) is 0 Å². The number of anilines is 2. The fourth-order valence-electron chi connectivity index (χ4n) is 7.85. The van der Waals surface area contributed by atoms with Crippen LogP contribution in [0.3, 0.4) is 0 Å². The summed E-state index contributed by atoms with van der Waals surface area (Å²) in [5, 5.41) is 35.3. The molecule has 2 heterocycles. The summed E-state index contributed by atoms with van der Waals surface area (Å²) in [5.41, 5.74) is 5.98. The molecule has 2 amide bonds. The average Bonchev–Trinajstić information content (AvgIpc) is 3.00. The number of amides is 2. The van der Waals surface area contributed by atoms with Crippen LogP contribution >= 0.6 is 0 Å². The van der Waals surface area contributed by atoms with Gasteiger partial charge in [0.15, 0.2) is 12.1 Å². The number of nitrogens with one attached hydrogen (secondary N) is 2. The Morgan fingerprint density at radius 2 is 0.936 bits per heavy atom. The zero-order chi connectivity index (χ0) is 34.5. The lowest BCUT2D eigenvalue weighted by atomic mass is 9.92. The van der Waals surface area contributed by atoms with Crippen LogP contribution in [0, 0.1) is 10.4 Å². The van der Waals surface area contributed by atoms with Crippen LogP contribution in [0.4, 0.5) is 11.4 Å². The minimum Gasteiger partial charge on any atom is -0.632 e. The van der Waals surface area contributed by atoms with Crippen molar-refractivity contribution in [2.75, 3.05) is 36.8 Å². The Kier molecular flexibility index (Phi) is 12.3. The van der Waals surface area contributed by atoms with Gasteiger partial charge in [-0.15, -0.1) is 0 Å². The Morgan fingerprint density at radius 1 is 0.617 bits per heavy atom. The summed E-state index contributed by atoms with van der Waals surface area (Å²) in [6, 6.07) is 10.9. The van der Waals surface area contributed by atoms with Gasteiger partial charge in [-0.25, -0.2) is 0 Å². The molecule has 2 aliphatic heterocycles. The van der Waals surface area contributed by atoms with Crippen molar-refractivity contribution in [2.24, 2.45) is 0 Å². The number of hydrogen-bond donors (Lipinski definition) is 2. The normalized spacial score (nSPS) is 25.1. The molecule has 2 unspecified atom stereocenters. The molecule has 0 spiro atoms. The first-order chi connectivity index (χ1) is 22.2. The molecule has 2 aromatic rings. The first-order valence-electron chi connectivity index (χ1n) is 18.2. The van der Waals surface area contributed by atoms with Crippen molar-refractivity contribution in [2.45, 2.75) is 136 Å². The number of quaternary nitrogens is 2. The number of carbonyl (C=O) groups excluding carboxylic acids is 2. The van der Waals surface area contributed by atoms with E-state index in [2.05, 4.69) is 90.3 Å². The molecule has 2 fully saturated rings. The van der Waals surface area contributed by atoms with E-state index in [4.69, 9.17) is 0 Å². The van der Waals surface area contributed by atoms with Crippen LogP contribution in [0.25, 0.3) is 0 Å². The van der Waals surface area contributed by atoms with Crippen molar-refractivity contribution in [3.63, 3.8) is 0 Å². The van der Waals surface area contributed by atoms with Crippen LogP contribution in [0.1, 0.15) is 146 Å². The highest BCUT2D eigenvalue weighted by Crippen LogP contribution is 2.36. The molecule has 8 heteroatoms. The zero-order valence-electron chi connectivity index (χ0n) is 30.2. The first kappa shape index (κ1) is 37.0. The number of nitrogens with zero attached hydrogens (tertiary/aromatic N) is 2. The molecule has 260 valence electrons. The quantitative estimate of drug-likeness (QED) is 0.177. The van der Waals surface area contributed by atoms with Crippen molar-refractivity contribution in [3.05, 3.63) is 69.1 Å².